The maximum absolute atomic E-state index is 14.6. The molecule has 0 aliphatic carbocycles. The predicted octanol–water partition coefficient (Wildman–Crippen LogP) is 4.85. The molecule has 5 nitrogen and oxygen atoms in total. The Morgan fingerprint density at radius 1 is 0.806 bits per heavy atom. The summed E-state index contributed by atoms with van der Waals surface area (Å²) >= 11 is 0. The van der Waals surface area contributed by atoms with Gasteiger partial charge in [-0.25, -0.2) is 5.09 Å². The van der Waals surface area contributed by atoms with Crippen LogP contribution in [0.25, 0.3) is 10.8 Å². The molecule has 0 amide bonds. The first kappa shape index (κ1) is 21.0. The van der Waals surface area contributed by atoms with Crippen molar-refractivity contribution in [2.75, 3.05) is 6.54 Å². The lowest BCUT2D eigenvalue weighted by molar-refractivity contribution is -0.490. The van der Waals surface area contributed by atoms with Crippen LogP contribution in [-0.2, 0) is 10.1 Å². The van der Waals surface area contributed by atoms with Crippen LogP contribution in [0.15, 0.2) is 103 Å². The fourth-order valence-electron chi connectivity index (χ4n) is 4.05. The van der Waals surface area contributed by atoms with Crippen LogP contribution >= 0.6 is 7.29 Å². The van der Waals surface area contributed by atoms with E-state index in [2.05, 4.69) is 5.09 Å². The monoisotopic (exact) mass is 430 g/mol. The maximum Gasteiger partial charge on any atom is 0.226 e. The molecule has 4 rings (SSSR count). The Labute approximate surface area is 181 Å². The van der Waals surface area contributed by atoms with Gasteiger partial charge in [-0.2, -0.15) is 0 Å². The van der Waals surface area contributed by atoms with E-state index in [1.165, 1.54) is 0 Å². The summed E-state index contributed by atoms with van der Waals surface area (Å²) in [6, 6.07) is 31.7. The highest BCUT2D eigenvalue weighted by atomic mass is 31.2. The van der Waals surface area contributed by atoms with E-state index < -0.39 is 19.4 Å². The van der Waals surface area contributed by atoms with E-state index in [9.17, 15) is 14.7 Å². The fourth-order valence-corrected chi connectivity index (χ4v) is 6.67. The van der Waals surface area contributed by atoms with Gasteiger partial charge in [0.2, 0.25) is 13.8 Å². The Balaban J connectivity index is 1.93. The number of hydrogen-bond donors (Lipinski definition) is 1. The average molecular weight is 430 g/mol. The summed E-state index contributed by atoms with van der Waals surface area (Å²) in [6.07, 6.45) is 0. The van der Waals surface area contributed by atoms with Crippen LogP contribution in [0.3, 0.4) is 0 Å². The van der Waals surface area contributed by atoms with Gasteiger partial charge in [0.1, 0.15) is 5.54 Å². The van der Waals surface area contributed by atoms with Gasteiger partial charge in [0, 0.05) is 15.5 Å². The van der Waals surface area contributed by atoms with Crippen LogP contribution in [0.2, 0.25) is 0 Å². The molecule has 0 spiro atoms. The molecule has 1 unspecified atom stereocenters. The minimum atomic E-state index is -3.40. The minimum Gasteiger partial charge on any atom is -0.296 e. The van der Waals surface area contributed by atoms with Crippen molar-refractivity contribution in [1.29, 1.82) is 0 Å². The SMILES string of the molecule is CC(C[N+](=O)[O-])(NP(=O)(c1ccccc1)c1ccccc1)c1cccc2ccccc12. The second-order valence-corrected chi connectivity index (χ2v) is 10.2. The zero-order chi connectivity index (χ0) is 21.9. The third kappa shape index (κ3) is 4.15. The number of fused-ring (bicyclic) bond motifs is 1. The van der Waals surface area contributed by atoms with E-state index >= 15 is 0 Å². The van der Waals surface area contributed by atoms with Gasteiger partial charge in [-0.05, 0) is 47.5 Å². The second kappa shape index (κ2) is 8.46. The number of nitrogens with one attached hydrogen (secondary N) is 1. The normalized spacial score (nSPS) is 13.6. The van der Waals surface area contributed by atoms with Gasteiger partial charge in [0.05, 0.1) is 0 Å². The third-order valence-corrected chi connectivity index (χ3v) is 8.33. The highest BCUT2D eigenvalue weighted by Gasteiger charge is 2.41. The van der Waals surface area contributed by atoms with Gasteiger partial charge < -0.3 is 0 Å². The molecule has 0 aromatic heterocycles. The summed E-state index contributed by atoms with van der Waals surface area (Å²) in [5.74, 6) is 0. The van der Waals surface area contributed by atoms with Gasteiger partial charge in [-0.15, -0.1) is 0 Å². The molecule has 6 heteroatoms. The molecule has 0 aliphatic rings. The van der Waals surface area contributed by atoms with E-state index in [0.717, 1.165) is 16.3 Å². The fraction of sp³-hybridized carbons (Fsp3) is 0.120. The van der Waals surface area contributed by atoms with Crippen molar-refractivity contribution >= 4 is 28.7 Å². The number of nitro groups is 1. The standard InChI is InChI=1S/C25H23N2O3P/c1-25(19-27(28)29,24-18-10-12-20-11-8-9-17-23(20)24)26-31(30,21-13-4-2-5-14-21)22-15-6-3-7-16-22/h2-18H,19H2,1H3,(H,26,30). The van der Waals surface area contributed by atoms with Gasteiger partial charge in [0.15, 0.2) is 0 Å². The van der Waals surface area contributed by atoms with E-state index in [1.807, 2.05) is 78.9 Å². The van der Waals surface area contributed by atoms with E-state index in [1.54, 1.807) is 31.2 Å². The summed E-state index contributed by atoms with van der Waals surface area (Å²) in [4.78, 5) is 11.4. The van der Waals surface area contributed by atoms with E-state index in [-0.39, 0.29) is 4.92 Å². The van der Waals surface area contributed by atoms with Crippen molar-refractivity contribution in [3.05, 3.63) is 119 Å². The lowest BCUT2D eigenvalue weighted by Crippen LogP contribution is -2.47. The van der Waals surface area contributed by atoms with Crippen molar-refractivity contribution in [3.63, 3.8) is 0 Å². The maximum atomic E-state index is 14.6. The molecule has 156 valence electrons. The summed E-state index contributed by atoms with van der Waals surface area (Å²) in [7, 11) is -3.40. The Morgan fingerprint density at radius 2 is 1.32 bits per heavy atom. The molecular weight excluding hydrogens is 407 g/mol. The van der Waals surface area contributed by atoms with E-state index in [4.69, 9.17) is 0 Å². The lowest BCUT2D eigenvalue weighted by Gasteiger charge is -2.34. The Bertz CT molecular complexity index is 1210. The Morgan fingerprint density at radius 3 is 1.90 bits per heavy atom. The zero-order valence-corrected chi connectivity index (χ0v) is 18.0. The number of hydrogen-bond acceptors (Lipinski definition) is 3. The first-order valence-electron chi connectivity index (χ1n) is 10.0. The van der Waals surface area contributed by atoms with Crippen molar-refractivity contribution < 1.29 is 9.49 Å². The molecule has 0 fully saturated rings. The molecule has 1 atom stereocenters. The summed E-state index contributed by atoms with van der Waals surface area (Å²) < 4.78 is 14.6. The van der Waals surface area contributed by atoms with Crippen LogP contribution in [0.1, 0.15) is 12.5 Å². The Hall–Kier alpha value is -3.27. The number of benzene rings is 4. The quantitative estimate of drug-likeness (QED) is 0.258. The van der Waals surface area contributed by atoms with Gasteiger partial charge in [0.25, 0.3) is 0 Å². The van der Waals surface area contributed by atoms with Gasteiger partial charge in [-0.1, -0.05) is 78.9 Å². The third-order valence-electron chi connectivity index (χ3n) is 5.47. The molecule has 1 N–H and O–H groups in total. The molecule has 4 aromatic rings. The predicted molar refractivity (Wildman–Crippen MR) is 126 cm³/mol. The molecule has 0 saturated carbocycles. The van der Waals surface area contributed by atoms with Crippen LogP contribution in [0.4, 0.5) is 0 Å². The largest absolute Gasteiger partial charge is 0.296 e. The van der Waals surface area contributed by atoms with Crippen LogP contribution in [0.5, 0.6) is 0 Å². The molecule has 0 heterocycles. The summed E-state index contributed by atoms with van der Waals surface area (Å²) in [6.45, 7) is 1.35. The molecule has 0 bridgehead atoms. The summed E-state index contributed by atoms with van der Waals surface area (Å²) in [5, 5.41) is 18.1. The smallest absolute Gasteiger partial charge is 0.226 e. The highest BCUT2D eigenvalue weighted by molar-refractivity contribution is 7.77. The van der Waals surface area contributed by atoms with Crippen molar-refractivity contribution in [2.45, 2.75) is 12.5 Å². The zero-order valence-electron chi connectivity index (χ0n) is 17.1. The van der Waals surface area contributed by atoms with Crippen LogP contribution in [0, 0.1) is 10.1 Å². The summed E-state index contributed by atoms with van der Waals surface area (Å²) in [5.41, 5.74) is -0.430. The molecule has 0 saturated heterocycles. The van der Waals surface area contributed by atoms with Gasteiger partial charge in [-0.3, -0.25) is 14.7 Å². The average Bonchev–Trinajstić information content (AvgIpc) is 2.79. The second-order valence-electron chi connectivity index (χ2n) is 7.74. The van der Waals surface area contributed by atoms with E-state index in [0.29, 0.717) is 10.6 Å². The first-order valence-corrected chi connectivity index (χ1v) is 11.7. The topological polar surface area (TPSA) is 72.2 Å². The highest BCUT2D eigenvalue weighted by Crippen LogP contribution is 2.44. The molecule has 0 radical (unpaired) electrons. The van der Waals surface area contributed by atoms with Gasteiger partial charge >= 0.3 is 0 Å². The molecule has 0 aliphatic heterocycles. The number of rotatable bonds is 7. The molecule has 31 heavy (non-hydrogen) atoms. The lowest BCUT2D eigenvalue weighted by atomic mass is 9.89. The van der Waals surface area contributed by atoms with Crippen LogP contribution < -0.4 is 15.7 Å². The van der Waals surface area contributed by atoms with Crippen LogP contribution in [-0.4, -0.2) is 11.5 Å². The minimum absolute atomic E-state index is 0.352. The molecule has 4 aromatic carbocycles. The van der Waals surface area contributed by atoms with Crippen molar-refractivity contribution in [3.8, 4) is 0 Å². The number of nitrogens with zero attached hydrogens (tertiary/aromatic N) is 1. The Kier molecular flexibility index (Phi) is 5.73. The first-order chi connectivity index (χ1) is 14.9. The van der Waals surface area contributed by atoms with Crippen molar-refractivity contribution in [1.82, 2.24) is 5.09 Å². The molecular formula is C25H23N2O3P. The van der Waals surface area contributed by atoms with Crippen molar-refractivity contribution in [2.24, 2.45) is 0 Å².